The highest BCUT2D eigenvalue weighted by molar-refractivity contribution is 9.10. The van der Waals surface area contributed by atoms with Crippen LogP contribution in [0.2, 0.25) is 0 Å². The number of benzene rings is 1. The molecular weight excluding hydrogens is 362 g/mol. The first-order valence-corrected chi connectivity index (χ1v) is 8.53. The van der Waals surface area contributed by atoms with E-state index in [0.29, 0.717) is 17.2 Å². The van der Waals surface area contributed by atoms with Crippen LogP contribution in [0.15, 0.2) is 27.1 Å². The van der Waals surface area contributed by atoms with E-state index in [2.05, 4.69) is 26.1 Å². The fourth-order valence-corrected chi connectivity index (χ4v) is 2.43. The lowest BCUT2D eigenvalue weighted by atomic mass is 10.2. The quantitative estimate of drug-likeness (QED) is 0.793. The standard InChI is InChI=1S/C12H14BrN3O4S/c1-16(21(3,17)18)7-11-14-15-12(20-11)8-4-5-10(19-2)9(13)6-8/h4-6H,7H2,1-3H3. The van der Waals surface area contributed by atoms with E-state index in [4.69, 9.17) is 9.15 Å². The van der Waals surface area contributed by atoms with Crippen molar-refractivity contribution in [2.24, 2.45) is 0 Å². The Labute approximate surface area is 131 Å². The molecule has 1 aromatic carbocycles. The number of hydrogen-bond acceptors (Lipinski definition) is 6. The van der Waals surface area contributed by atoms with Gasteiger partial charge in [-0.3, -0.25) is 0 Å². The third-order valence-corrected chi connectivity index (χ3v) is 4.67. The van der Waals surface area contributed by atoms with Gasteiger partial charge in [0.05, 0.1) is 24.4 Å². The molecule has 1 heterocycles. The van der Waals surface area contributed by atoms with Crippen molar-refractivity contribution in [2.75, 3.05) is 20.4 Å². The van der Waals surface area contributed by atoms with Crippen LogP contribution in [0.4, 0.5) is 0 Å². The lowest BCUT2D eigenvalue weighted by Crippen LogP contribution is -2.25. The van der Waals surface area contributed by atoms with Gasteiger partial charge >= 0.3 is 0 Å². The van der Waals surface area contributed by atoms with Crippen LogP contribution in [-0.4, -0.2) is 43.3 Å². The van der Waals surface area contributed by atoms with Gasteiger partial charge in [-0.05, 0) is 34.1 Å². The zero-order chi connectivity index (χ0) is 15.6. The van der Waals surface area contributed by atoms with E-state index in [1.807, 2.05) is 0 Å². The van der Waals surface area contributed by atoms with Gasteiger partial charge in [0, 0.05) is 12.6 Å². The van der Waals surface area contributed by atoms with Gasteiger partial charge in [-0.25, -0.2) is 8.42 Å². The molecule has 9 heteroatoms. The van der Waals surface area contributed by atoms with Gasteiger partial charge in [0.15, 0.2) is 0 Å². The highest BCUT2D eigenvalue weighted by Crippen LogP contribution is 2.30. The Hall–Kier alpha value is -1.45. The number of nitrogens with zero attached hydrogens (tertiary/aromatic N) is 3. The Morgan fingerprint density at radius 1 is 1.38 bits per heavy atom. The van der Waals surface area contributed by atoms with Crippen LogP contribution in [0.25, 0.3) is 11.5 Å². The first kappa shape index (κ1) is 15.9. The first-order chi connectivity index (χ1) is 9.81. The van der Waals surface area contributed by atoms with Gasteiger partial charge in [-0.1, -0.05) is 0 Å². The topological polar surface area (TPSA) is 85.5 Å². The van der Waals surface area contributed by atoms with Crippen LogP contribution in [0.3, 0.4) is 0 Å². The van der Waals surface area contributed by atoms with Crippen LogP contribution in [0, 0.1) is 0 Å². The molecule has 0 aliphatic carbocycles. The van der Waals surface area contributed by atoms with Crippen LogP contribution in [-0.2, 0) is 16.6 Å². The van der Waals surface area contributed by atoms with Crippen molar-refractivity contribution in [2.45, 2.75) is 6.54 Å². The number of halogens is 1. The number of rotatable bonds is 5. The molecule has 21 heavy (non-hydrogen) atoms. The van der Waals surface area contributed by atoms with Crippen LogP contribution in [0.1, 0.15) is 5.89 Å². The molecule has 0 N–H and O–H groups in total. The van der Waals surface area contributed by atoms with Crippen molar-refractivity contribution >= 4 is 26.0 Å². The second-order valence-electron chi connectivity index (χ2n) is 4.37. The number of ether oxygens (including phenoxy) is 1. The van der Waals surface area contributed by atoms with Crippen molar-refractivity contribution in [3.63, 3.8) is 0 Å². The van der Waals surface area contributed by atoms with Crippen LogP contribution in [0.5, 0.6) is 5.75 Å². The maximum Gasteiger partial charge on any atom is 0.247 e. The van der Waals surface area contributed by atoms with E-state index in [0.717, 1.165) is 15.0 Å². The fourth-order valence-electron chi connectivity index (χ4n) is 1.54. The van der Waals surface area contributed by atoms with E-state index in [9.17, 15) is 8.42 Å². The molecule has 0 unspecified atom stereocenters. The highest BCUT2D eigenvalue weighted by atomic mass is 79.9. The van der Waals surface area contributed by atoms with Crippen LogP contribution >= 0.6 is 15.9 Å². The summed E-state index contributed by atoms with van der Waals surface area (Å²) in [5.41, 5.74) is 0.712. The molecule has 7 nitrogen and oxygen atoms in total. The molecule has 1 aromatic heterocycles. The number of sulfonamides is 1. The summed E-state index contributed by atoms with van der Waals surface area (Å²) < 4.78 is 35.2. The molecule has 2 aromatic rings. The minimum atomic E-state index is -3.29. The molecular formula is C12H14BrN3O4S. The second-order valence-corrected chi connectivity index (χ2v) is 7.31. The molecule has 0 fully saturated rings. The Bertz CT molecular complexity index is 745. The first-order valence-electron chi connectivity index (χ1n) is 5.89. The fraction of sp³-hybridized carbons (Fsp3) is 0.333. The maximum atomic E-state index is 11.3. The smallest absolute Gasteiger partial charge is 0.247 e. The molecule has 2 rings (SSSR count). The Balaban J connectivity index is 2.22. The van der Waals surface area contributed by atoms with Gasteiger partial charge in [-0.2, -0.15) is 4.31 Å². The zero-order valence-corrected chi connectivity index (χ0v) is 14.1. The van der Waals surface area contributed by atoms with Gasteiger partial charge in [-0.15, -0.1) is 10.2 Å². The summed E-state index contributed by atoms with van der Waals surface area (Å²) in [5.74, 6) is 1.23. The minimum Gasteiger partial charge on any atom is -0.496 e. The predicted octanol–water partition coefficient (Wildman–Crippen LogP) is 1.90. The molecule has 0 atom stereocenters. The van der Waals surface area contributed by atoms with Gasteiger partial charge in [0.2, 0.25) is 21.8 Å². The van der Waals surface area contributed by atoms with Crippen molar-refractivity contribution in [3.8, 4) is 17.2 Å². The number of hydrogen-bond donors (Lipinski definition) is 0. The van der Waals surface area contributed by atoms with E-state index < -0.39 is 10.0 Å². The van der Waals surface area contributed by atoms with Crippen molar-refractivity contribution in [3.05, 3.63) is 28.6 Å². The van der Waals surface area contributed by atoms with E-state index >= 15 is 0 Å². The third-order valence-electron chi connectivity index (χ3n) is 2.79. The van der Waals surface area contributed by atoms with Gasteiger partial charge in [0.25, 0.3) is 0 Å². The van der Waals surface area contributed by atoms with E-state index in [1.54, 1.807) is 25.3 Å². The van der Waals surface area contributed by atoms with Crippen molar-refractivity contribution < 1.29 is 17.6 Å². The Morgan fingerprint density at radius 2 is 2.10 bits per heavy atom. The summed E-state index contributed by atoms with van der Waals surface area (Å²) in [6, 6.07) is 5.34. The molecule has 0 aliphatic rings. The zero-order valence-electron chi connectivity index (χ0n) is 11.7. The summed E-state index contributed by atoms with van der Waals surface area (Å²) >= 11 is 3.38. The average Bonchev–Trinajstić information content (AvgIpc) is 2.86. The summed E-state index contributed by atoms with van der Waals surface area (Å²) in [6.07, 6.45) is 1.12. The predicted molar refractivity (Wildman–Crippen MR) is 80.3 cm³/mol. The highest BCUT2D eigenvalue weighted by Gasteiger charge is 2.16. The lowest BCUT2D eigenvalue weighted by Gasteiger charge is -2.10. The van der Waals surface area contributed by atoms with Gasteiger partial charge < -0.3 is 9.15 Å². The second kappa shape index (κ2) is 6.12. The molecule has 0 saturated heterocycles. The van der Waals surface area contributed by atoms with Crippen LogP contribution < -0.4 is 4.74 Å². The Morgan fingerprint density at radius 3 is 2.67 bits per heavy atom. The molecule has 0 radical (unpaired) electrons. The number of methoxy groups -OCH3 is 1. The molecule has 0 spiro atoms. The molecule has 114 valence electrons. The monoisotopic (exact) mass is 375 g/mol. The molecule has 0 aliphatic heterocycles. The summed E-state index contributed by atoms with van der Waals surface area (Å²) in [7, 11) is -0.268. The minimum absolute atomic E-state index is 0.0309. The lowest BCUT2D eigenvalue weighted by molar-refractivity contribution is 0.402. The van der Waals surface area contributed by atoms with Crippen molar-refractivity contribution in [1.82, 2.24) is 14.5 Å². The Kier molecular flexibility index (Phi) is 4.64. The summed E-state index contributed by atoms with van der Waals surface area (Å²) in [6.45, 7) is 0.0309. The molecule has 0 bridgehead atoms. The normalized spacial score (nSPS) is 11.9. The van der Waals surface area contributed by atoms with E-state index in [-0.39, 0.29) is 12.4 Å². The van der Waals surface area contributed by atoms with Crippen molar-refractivity contribution in [1.29, 1.82) is 0 Å². The summed E-state index contributed by atoms with van der Waals surface area (Å²) in [4.78, 5) is 0. The summed E-state index contributed by atoms with van der Waals surface area (Å²) in [5, 5.41) is 7.77. The third kappa shape index (κ3) is 3.80. The van der Waals surface area contributed by atoms with E-state index in [1.165, 1.54) is 7.05 Å². The average molecular weight is 376 g/mol. The largest absolute Gasteiger partial charge is 0.496 e. The molecule has 0 saturated carbocycles. The molecule has 0 amide bonds. The maximum absolute atomic E-state index is 11.3. The SMILES string of the molecule is COc1ccc(-c2nnc(CN(C)S(C)(=O)=O)o2)cc1Br. The van der Waals surface area contributed by atoms with Gasteiger partial charge in [0.1, 0.15) is 5.75 Å². The number of aromatic nitrogens is 2.